The van der Waals surface area contributed by atoms with Crippen molar-refractivity contribution in [3.8, 4) is 0 Å². The van der Waals surface area contributed by atoms with E-state index in [2.05, 4.69) is 71.0 Å². The van der Waals surface area contributed by atoms with Crippen LogP contribution in [-0.4, -0.2) is 39.3 Å². The quantitative estimate of drug-likeness (QED) is 0.418. The topological polar surface area (TPSA) is 42.3 Å². The van der Waals surface area contributed by atoms with E-state index in [4.69, 9.17) is 0 Å². The van der Waals surface area contributed by atoms with Crippen LogP contribution in [0.3, 0.4) is 0 Å². The molecule has 1 aliphatic rings. The van der Waals surface area contributed by atoms with E-state index in [1.807, 2.05) is 41.5 Å². The molecule has 0 N–H and O–H groups in total. The van der Waals surface area contributed by atoms with Gasteiger partial charge in [0.15, 0.2) is 0 Å². The number of hydrogen-bond acceptors (Lipinski definition) is 0. The fraction of sp³-hybridized carbons (Fsp3) is 0.818. The van der Waals surface area contributed by atoms with Crippen LogP contribution in [0.15, 0.2) is 20.6 Å². The minimum Gasteiger partial charge on any atom is -0.663 e. The normalized spacial score (nSPS) is 14.8. The van der Waals surface area contributed by atoms with Crippen LogP contribution in [0.5, 0.6) is 0 Å². The van der Waals surface area contributed by atoms with Gasteiger partial charge in [0.2, 0.25) is 0 Å². The van der Waals surface area contributed by atoms with Crippen molar-refractivity contribution in [3.05, 3.63) is 36.5 Å². The van der Waals surface area contributed by atoms with E-state index in [9.17, 15) is 0 Å². The van der Waals surface area contributed by atoms with Crippen LogP contribution in [0.4, 0.5) is 0 Å². The molecule has 0 spiro atoms. The average molecular weight is 399 g/mol. The van der Waals surface area contributed by atoms with E-state index in [1.54, 1.807) is 0 Å². The van der Waals surface area contributed by atoms with Crippen LogP contribution >= 0.6 is 0 Å². The predicted octanol–water partition coefficient (Wildman–Crippen LogP) is 7.38. The molecule has 1 aliphatic carbocycles. The van der Waals surface area contributed by atoms with E-state index in [0.29, 0.717) is 5.41 Å². The van der Waals surface area contributed by atoms with Gasteiger partial charge in [-0.1, -0.05) is 41.5 Å². The van der Waals surface area contributed by atoms with Crippen molar-refractivity contribution in [2.24, 2.45) is 5.41 Å². The smallest absolute Gasteiger partial charge is 0.0844 e. The van der Waals surface area contributed by atoms with Gasteiger partial charge < -0.3 is 16.0 Å². The standard InChI is InChI=1S/C10H15.3C4H10N.Ti/c1-7-6-10(4,5)9(3)8(7)2;3*1-3-5-4-2;/h1-5H3;3*3-4H2,1-2H3;/q;3*-1;+3. The molecular formula is C22H45N3Ti. The van der Waals surface area contributed by atoms with Crippen LogP contribution in [0.25, 0.3) is 16.0 Å². The van der Waals surface area contributed by atoms with Gasteiger partial charge in [-0.15, -0.1) is 0 Å². The molecule has 0 amide bonds. The molecule has 0 fully saturated rings. The Bertz CT molecular complexity index is 339. The van der Waals surface area contributed by atoms with Gasteiger partial charge in [0, 0.05) is 0 Å². The van der Waals surface area contributed by atoms with Crippen molar-refractivity contribution in [2.45, 2.75) is 76.2 Å². The molecule has 0 aromatic rings. The van der Waals surface area contributed by atoms with Crippen LogP contribution < -0.4 is 0 Å². The molecule has 1 rings (SSSR count). The summed E-state index contributed by atoms with van der Waals surface area (Å²) in [4.78, 5) is 0. The molecule has 0 radical (unpaired) electrons. The largest absolute Gasteiger partial charge is 0.663 e. The number of nitrogens with zero attached hydrogens (tertiary/aromatic N) is 3. The second-order valence-corrected chi connectivity index (χ2v) is 7.22. The van der Waals surface area contributed by atoms with Crippen LogP contribution in [0.2, 0.25) is 0 Å². The van der Waals surface area contributed by atoms with Crippen LogP contribution in [0.1, 0.15) is 76.2 Å². The third kappa shape index (κ3) is 14.2. The number of hydrogen-bond donors (Lipinski definition) is 0. The molecule has 0 aromatic carbocycles. The van der Waals surface area contributed by atoms with Gasteiger partial charge in [-0.2, -0.15) is 39.3 Å². The molecule has 0 atom stereocenters. The van der Waals surface area contributed by atoms with Gasteiger partial charge in [0.1, 0.15) is 0 Å². The maximum Gasteiger partial charge on any atom is -0.0844 e. The molecular weight excluding hydrogens is 354 g/mol. The second-order valence-electron chi connectivity index (χ2n) is 6.44. The van der Waals surface area contributed by atoms with Crippen molar-refractivity contribution < 1.29 is 20.4 Å². The summed E-state index contributed by atoms with van der Waals surface area (Å²) < 4.78 is 1.53. The van der Waals surface area contributed by atoms with E-state index >= 15 is 0 Å². The maximum atomic E-state index is 3.97. The van der Waals surface area contributed by atoms with Gasteiger partial charge >= 0.3 is 81.1 Å². The molecule has 0 aliphatic heterocycles. The Labute approximate surface area is 177 Å². The molecule has 4 heteroatoms. The van der Waals surface area contributed by atoms with E-state index < -0.39 is 0 Å². The minimum absolute atomic E-state index is 0.314. The number of rotatable bonds is 6. The molecule has 0 heterocycles. The second kappa shape index (κ2) is 19.8. The summed E-state index contributed by atoms with van der Waals surface area (Å²) in [5.74, 6) is 0. The van der Waals surface area contributed by atoms with Gasteiger partial charge in [-0.3, -0.25) is 0 Å². The number of allylic oxidation sites excluding steroid dienone is 4. The Morgan fingerprint density at radius 3 is 0.923 bits per heavy atom. The molecule has 152 valence electrons. The Balaban J connectivity index is -0.000000300. The first-order chi connectivity index (χ1) is 12.1. The summed E-state index contributed by atoms with van der Waals surface area (Å²) in [6.45, 7) is 29.4. The third-order valence-corrected chi connectivity index (χ3v) is 5.97. The molecule has 0 saturated carbocycles. The minimum atomic E-state index is 0.314. The summed E-state index contributed by atoms with van der Waals surface area (Å²) >= 11 is 2.25. The fourth-order valence-corrected chi connectivity index (χ4v) is 2.85. The van der Waals surface area contributed by atoms with E-state index in [1.165, 1.54) is 20.6 Å². The van der Waals surface area contributed by atoms with Crippen molar-refractivity contribution in [1.82, 2.24) is 0 Å². The summed E-state index contributed by atoms with van der Waals surface area (Å²) in [6.07, 6.45) is 0. The zero-order valence-corrected chi connectivity index (χ0v) is 21.1. The fourth-order valence-electron chi connectivity index (χ4n) is 2.26. The van der Waals surface area contributed by atoms with Crippen molar-refractivity contribution >= 4 is 0 Å². The zero-order chi connectivity index (χ0) is 21.2. The first-order valence-electron chi connectivity index (χ1n) is 10.1. The van der Waals surface area contributed by atoms with Crippen LogP contribution in [-0.2, 0) is 20.4 Å². The molecule has 0 bridgehead atoms. The monoisotopic (exact) mass is 399 g/mol. The van der Waals surface area contributed by atoms with Gasteiger partial charge in [0.05, 0.1) is 0 Å². The first-order valence-corrected chi connectivity index (χ1v) is 10.9. The summed E-state index contributed by atoms with van der Waals surface area (Å²) in [6, 6.07) is 0. The Kier molecular flexibility index (Phi) is 23.5. The zero-order valence-electron chi connectivity index (χ0n) is 19.6. The Hall–Kier alpha value is 0.0743. The third-order valence-electron chi connectivity index (χ3n) is 4.40. The van der Waals surface area contributed by atoms with E-state index in [0.717, 1.165) is 39.3 Å². The average Bonchev–Trinajstić information content (AvgIpc) is 2.74. The van der Waals surface area contributed by atoms with Gasteiger partial charge in [-0.25, -0.2) is 0 Å². The molecule has 0 aromatic heterocycles. The first kappa shape index (κ1) is 30.8. The molecule has 0 saturated heterocycles. The van der Waals surface area contributed by atoms with Gasteiger partial charge in [0.25, 0.3) is 0 Å². The summed E-state index contributed by atoms with van der Waals surface area (Å²) in [7, 11) is 0. The molecule has 3 nitrogen and oxygen atoms in total. The van der Waals surface area contributed by atoms with Crippen LogP contribution in [0, 0.1) is 5.41 Å². The van der Waals surface area contributed by atoms with E-state index in [-0.39, 0.29) is 0 Å². The Morgan fingerprint density at radius 1 is 0.615 bits per heavy atom. The van der Waals surface area contributed by atoms with Gasteiger partial charge in [-0.05, 0) is 0 Å². The Morgan fingerprint density at radius 2 is 0.885 bits per heavy atom. The summed E-state index contributed by atoms with van der Waals surface area (Å²) in [5.41, 5.74) is 4.83. The van der Waals surface area contributed by atoms with Crippen molar-refractivity contribution in [1.29, 1.82) is 0 Å². The molecule has 0 unspecified atom stereocenters. The summed E-state index contributed by atoms with van der Waals surface area (Å²) in [5, 5.41) is 11.9. The SMILES string of the molecule is CC1=C(C)C(C)(C)[C]([Ti+3])=C1C.CC[N-]CC.CC[N-]CC.CC[N-]CC. The van der Waals surface area contributed by atoms with Crippen molar-refractivity contribution in [2.75, 3.05) is 39.3 Å². The predicted molar refractivity (Wildman–Crippen MR) is 118 cm³/mol. The van der Waals surface area contributed by atoms with Crippen molar-refractivity contribution in [3.63, 3.8) is 0 Å². The molecule has 26 heavy (non-hydrogen) atoms. The maximum absolute atomic E-state index is 3.97.